The van der Waals surface area contributed by atoms with Gasteiger partial charge in [0.15, 0.2) is 0 Å². The maximum atomic E-state index is 2.42. The zero-order chi connectivity index (χ0) is 8.93. The van der Waals surface area contributed by atoms with Crippen molar-refractivity contribution in [3.8, 4) is 0 Å². The number of hydrogen-bond donors (Lipinski definition) is 0. The Labute approximate surface area is 81.7 Å². The van der Waals surface area contributed by atoms with Gasteiger partial charge in [0.05, 0.1) is 0 Å². The summed E-state index contributed by atoms with van der Waals surface area (Å²) in [6.07, 6.45) is 19.3. The predicted molar refractivity (Wildman–Crippen MR) is 57.6 cm³/mol. The van der Waals surface area contributed by atoms with Gasteiger partial charge in [0, 0.05) is 0 Å². The maximum absolute atomic E-state index is 2.42. The molecule has 0 amide bonds. The molecule has 0 spiro atoms. The highest BCUT2D eigenvalue weighted by molar-refractivity contribution is 4.94. The Morgan fingerprint density at radius 2 is 1.23 bits per heavy atom. The smallest absolute Gasteiger partial charge is 0.0319 e. The monoisotopic (exact) mass is 176 g/mol. The Morgan fingerprint density at radius 3 is 2.08 bits per heavy atom. The number of allylic oxidation sites excluding steroid dienone is 4. The molecular weight excluding hydrogens is 156 g/mol. The minimum absolute atomic E-state index is 0.938. The lowest BCUT2D eigenvalue weighted by molar-refractivity contribution is 0.377. The molecule has 0 aromatic heterocycles. The Bertz CT molecular complexity index is 200. The first-order valence-electron chi connectivity index (χ1n) is 5.75. The quantitative estimate of drug-likeness (QED) is 0.488. The molecule has 2 aliphatic rings. The van der Waals surface area contributed by atoms with E-state index in [9.17, 15) is 0 Å². The summed E-state index contributed by atoms with van der Waals surface area (Å²) >= 11 is 0. The van der Waals surface area contributed by atoms with Crippen molar-refractivity contribution in [1.82, 2.24) is 0 Å². The highest BCUT2D eigenvalue weighted by Crippen LogP contribution is 2.29. The van der Waals surface area contributed by atoms with Crippen LogP contribution in [0.5, 0.6) is 0 Å². The van der Waals surface area contributed by atoms with E-state index >= 15 is 0 Å². The maximum Gasteiger partial charge on any atom is -0.0319 e. The number of fused-ring (bicyclic) bond motifs is 3. The minimum atomic E-state index is 0.938. The van der Waals surface area contributed by atoms with Gasteiger partial charge in [0.1, 0.15) is 0 Å². The standard InChI is InChI=1S/C13H20/c1-2-6-12-8-4-5-9-13(7-3-1)11-10-12/h1-2,4-5,12-13H,3,6-11H2/b2-1-,5-4-. The SMILES string of the molecule is C1=C\CC2C/C=C\CC(CC/1)CC2. The largest absolute Gasteiger partial charge is 0.0885 e. The molecule has 0 heteroatoms. The van der Waals surface area contributed by atoms with Crippen LogP contribution in [0.15, 0.2) is 24.3 Å². The highest BCUT2D eigenvalue weighted by atomic mass is 14.2. The normalized spacial score (nSPS) is 39.4. The topological polar surface area (TPSA) is 0 Å². The van der Waals surface area contributed by atoms with E-state index in [1.54, 1.807) is 0 Å². The second-order valence-corrected chi connectivity index (χ2v) is 4.54. The van der Waals surface area contributed by atoms with Crippen molar-refractivity contribution in [1.29, 1.82) is 0 Å². The molecule has 0 fully saturated rings. The number of hydrogen-bond acceptors (Lipinski definition) is 0. The Balaban J connectivity index is 2.06. The van der Waals surface area contributed by atoms with Gasteiger partial charge in [-0.15, -0.1) is 0 Å². The fourth-order valence-electron chi connectivity index (χ4n) is 2.50. The zero-order valence-electron chi connectivity index (χ0n) is 8.41. The Morgan fingerprint density at radius 1 is 0.615 bits per heavy atom. The summed E-state index contributed by atoms with van der Waals surface area (Å²) in [7, 11) is 0. The van der Waals surface area contributed by atoms with E-state index in [0.29, 0.717) is 0 Å². The third kappa shape index (κ3) is 2.72. The summed E-state index contributed by atoms with van der Waals surface area (Å²) in [5.74, 6) is 1.91. The average Bonchev–Trinajstić information content (AvgIpc) is 2.17. The molecule has 72 valence electrons. The third-order valence-electron chi connectivity index (χ3n) is 3.47. The summed E-state index contributed by atoms with van der Waals surface area (Å²) in [5.41, 5.74) is 0. The third-order valence-corrected chi connectivity index (χ3v) is 3.47. The van der Waals surface area contributed by atoms with Crippen LogP contribution in [0.4, 0.5) is 0 Å². The second kappa shape index (κ2) is 4.64. The average molecular weight is 176 g/mol. The summed E-state index contributed by atoms with van der Waals surface area (Å²) in [4.78, 5) is 0. The van der Waals surface area contributed by atoms with E-state index in [1.807, 2.05) is 0 Å². The molecule has 0 nitrogen and oxygen atoms in total. The van der Waals surface area contributed by atoms with Gasteiger partial charge >= 0.3 is 0 Å². The lowest BCUT2D eigenvalue weighted by atomic mass is 9.86. The molecule has 0 saturated heterocycles. The lowest BCUT2D eigenvalue weighted by Crippen LogP contribution is -2.06. The number of rotatable bonds is 0. The van der Waals surface area contributed by atoms with Crippen LogP contribution in [0.2, 0.25) is 0 Å². The van der Waals surface area contributed by atoms with Gasteiger partial charge in [-0.3, -0.25) is 0 Å². The van der Waals surface area contributed by atoms with Crippen LogP contribution in [0.3, 0.4) is 0 Å². The van der Waals surface area contributed by atoms with Crippen molar-refractivity contribution in [3.05, 3.63) is 24.3 Å². The molecule has 13 heavy (non-hydrogen) atoms. The fraction of sp³-hybridized carbons (Fsp3) is 0.692. The predicted octanol–water partition coefficient (Wildman–Crippen LogP) is 4.09. The molecule has 0 radical (unpaired) electrons. The first kappa shape index (κ1) is 9.05. The van der Waals surface area contributed by atoms with Gasteiger partial charge < -0.3 is 0 Å². The molecule has 2 rings (SSSR count). The van der Waals surface area contributed by atoms with Crippen LogP contribution >= 0.6 is 0 Å². The summed E-state index contributed by atoms with van der Waals surface area (Å²) in [6.45, 7) is 0. The van der Waals surface area contributed by atoms with Crippen molar-refractivity contribution in [2.75, 3.05) is 0 Å². The van der Waals surface area contributed by atoms with Gasteiger partial charge in [-0.1, -0.05) is 24.3 Å². The van der Waals surface area contributed by atoms with Crippen LogP contribution in [0, 0.1) is 11.8 Å². The van der Waals surface area contributed by atoms with Gasteiger partial charge in [-0.2, -0.15) is 0 Å². The lowest BCUT2D eigenvalue weighted by Gasteiger charge is -2.19. The summed E-state index contributed by atoms with van der Waals surface area (Å²) in [6, 6.07) is 0. The van der Waals surface area contributed by atoms with Gasteiger partial charge in [-0.05, 0) is 56.8 Å². The second-order valence-electron chi connectivity index (χ2n) is 4.54. The molecule has 0 saturated carbocycles. The van der Waals surface area contributed by atoms with Crippen LogP contribution < -0.4 is 0 Å². The highest BCUT2D eigenvalue weighted by Gasteiger charge is 2.14. The first-order chi connectivity index (χ1) is 6.45. The summed E-state index contributed by atoms with van der Waals surface area (Å²) in [5, 5.41) is 0. The van der Waals surface area contributed by atoms with E-state index in [0.717, 1.165) is 11.8 Å². The fourth-order valence-corrected chi connectivity index (χ4v) is 2.50. The zero-order valence-corrected chi connectivity index (χ0v) is 8.41. The van der Waals surface area contributed by atoms with Gasteiger partial charge in [0.25, 0.3) is 0 Å². The Hall–Kier alpha value is -0.520. The molecule has 0 heterocycles. The molecule has 0 aromatic carbocycles. The van der Waals surface area contributed by atoms with Crippen LogP contribution in [-0.2, 0) is 0 Å². The Kier molecular flexibility index (Phi) is 3.23. The van der Waals surface area contributed by atoms with Crippen molar-refractivity contribution < 1.29 is 0 Å². The van der Waals surface area contributed by atoms with Crippen molar-refractivity contribution in [2.45, 2.75) is 44.9 Å². The van der Waals surface area contributed by atoms with Crippen LogP contribution in [0.1, 0.15) is 44.9 Å². The van der Waals surface area contributed by atoms with Crippen molar-refractivity contribution in [2.24, 2.45) is 11.8 Å². The molecular formula is C13H20. The summed E-state index contributed by atoms with van der Waals surface area (Å²) < 4.78 is 0. The van der Waals surface area contributed by atoms with Crippen molar-refractivity contribution in [3.63, 3.8) is 0 Å². The first-order valence-corrected chi connectivity index (χ1v) is 5.75. The molecule has 0 aromatic rings. The molecule has 2 aliphatic carbocycles. The van der Waals surface area contributed by atoms with Crippen LogP contribution in [-0.4, -0.2) is 0 Å². The van der Waals surface area contributed by atoms with Gasteiger partial charge in [0.2, 0.25) is 0 Å². The van der Waals surface area contributed by atoms with E-state index in [2.05, 4.69) is 24.3 Å². The van der Waals surface area contributed by atoms with E-state index in [1.165, 1.54) is 44.9 Å². The molecule has 2 unspecified atom stereocenters. The van der Waals surface area contributed by atoms with Crippen LogP contribution in [0.25, 0.3) is 0 Å². The van der Waals surface area contributed by atoms with Crippen molar-refractivity contribution >= 4 is 0 Å². The molecule has 0 aliphatic heterocycles. The van der Waals surface area contributed by atoms with Gasteiger partial charge in [-0.25, -0.2) is 0 Å². The molecule has 0 N–H and O–H groups in total. The van der Waals surface area contributed by atoms with E-state index in [-0.39, 0.29) is 0 Å². The minimum Gasteiger partial charge on any atom is -0.0885 e. The molecule has 2 bridgehead atoms. The van der Waals surface area contributed by atoms with E-state index < -0.39 is 0 Å². The molecule has 2 atom stereocenters. The van der Waals surface area contributed by atoms with E-state index in [4.69, 9.17) is 0 Å².